The number of halogens is 1. The third-order valence-electron chi connectivity index (χ3n) is 2.44. The van der Waals surface area contributed by atoms with Crippen molar-refractivity contribution in [1.82, 2.24) is 0 Å². The van der Waals surface area contributed by atoms with Gasteiger partial charge in [-0.3, -0.25) is 0 Å². The molecule has 0 aliphatic rings. The Labute approximate surface area is 94.7 Å². The average molecular weight is 221 g/mol. The minimum Gasteiger partial charge on any atom is -0.466 e. The van der Waals surface area contributed by atoms with Crippen LogP contribution in [0.1, 0.15) is 28.0 Å². The van der Waals surface area contributed by atoms with Crippen LogP contribution in [0.25, 0.3) is 0 Å². The van der Waals surface area contributed by atoms with Crippen molar-refractivity contribution in [3.05, 3.63) is 59.0 Å². The topological polar surface area (TPSA) is 13.1 Å². The minimum atomic E-state index is -0.122. The molecule has 0 saturated heterocycles. The summed E-state index contributed by atoms with van der Waals surface area (Å²) in [4.78, 5) is 0. The molecule has 1 unspecified atom stereocenters. The summed E-state index contributed by atoms with van der Waals surface area (Å²) in [6.07, 6.45) is 0. The molecule has 15 heavy (non-hydrogen) atoms. The summed E-state index contributed by atoms with van der Waals surface area (Å²) in [7, 11) is 0. The lowest BCUT2D eigenvalue weighted by Crippen LogP contribution is -1.92. The molecule has 78 valence electrons. The fourth-order valence-corrected chi connectivity index (χ4v) is 2.07. The molecule has 0 spiro atoms. The molecule has 1 atom stereocenters. The van der Waals surface area contributed by atoms with Gasteiger partial charge in [0, 0.05) is 5.56 Å². The molecular weight excluding hydrogens is 208 g/mol. The molecule has 0 bridgehead atoms. The molecule has 2 rings (SSSR count). The lowest BCUT2D eigenvalue weighted by atomic mass is 10.1. The molecule has 0 amide bonds. The quantitative estimate of drug-likeness (QED) is 0.691. The van der Waals surface area contributed by atoms with Gasteiger partial charge in [-0.25, -0.2) is 0 Å². The fourth-order valence-electron chi connectivity index (χ4n) is 1.70. The highest BCUT2D eigenvalue weighted by atomic mass is 35.5. The number of benzene rings is 1. The third-order valence-corrected chi connectivity index (χ3v) is 2.93. The van der Waals surface area contributed by atoms with Crippen LogP contribution in [0, 0.1) is 13.8 Å². The Morgan fingerprint density at radius 2 is 1.80 bits per heavy atom. The number of alkyl halides is 1. The van der Waals surface area contributed by atoms with E-state index in [1.165, 1.54) is 0 Å². The maximum atomic E-state index is 6.39. The highest BCUT2D eigenvalue weighted by molar-refractivity contribution is 6.22. The van der Waals surface area contributed by atoms with Crippen LogP contribution in [0.3, 0.4) is 0 Å². The largest absolute Gasteiger partial charge is 0.466 e. The van der Waals surface area contributed by atoms with Gasteiger partial charge in [-0.05, 0) is 25.5 Å². The van der Waals surface area contributed by atoms with Gasteiger partial charge in [0.15, 0.2) is 0 Å². The second-order valence-corrected chi connectivity index (χ2v) is 4.08. The summed E-state index contributed by atoms with van der Waals surface area (Å²) in [6.45, 7) is 3.88. The SMILES string of the molecule is Cc1cc(C(Cl)c2ccccc2)c(C)o1. The minimum absolute atomic E-state index is 0.122. The van der Waals surface area contributed by atoms with E-state index >= 15 is 0 Å². The Hall–Kier alpha value is -1.21. The Morgan fingerprint density at radius 1 is 1.13 bits per heavy atom. The van der Waals surface area contributed by atoms with Crippen LogP contribution in [0.5, 0.6) is 0 Å². The Bertz CT molecular complexity index is 445. The van der Waals surface area contributed by atoms with Crippen molar-refractivity contribution < 1.29 is 4.42 Å². The molecule has 0 saturated carbocycles. The number of aryl methyl sites for hydroxylation is 2. The second kappa shape index (κ2) is 4.11. The molecule has 0 N–H and O–H groups in total. The van der Waals surface area contributed by atoms with Crippen LogP contribution in [0.4, 0.5) is 0 Å². The highest BCUT2D eigenvalue weighted by Crippen LogP contribution is 2.32. The standard InChI is InChI=1S/C13H13ClO/c1-9-8-12(10(2)15-9)13(14)11-6-4-3-5-7-11/h3-8,13H,1-2H3. The first-order valence-corrected chi connectivity index (χ1v) is 5.38. The predicted octanol–water partition coefficient (Wildman–Crippen LogP) is 4.22. The van der Waals surface area contributed by atoms with Crippen molar-refractivity contribution in [2.75, 3.05) is 0 Å². The van der Waals surface area contributed by atoms with Gasteiger partial charge >= 0.3 is 0 Å². The van der Waals surface area contributed by atoms with Crippen molar-refractivity contribution >= 4 is 11.6 Å². The lowest BCUT2D eigenvalue weighted by molar-refractivity contribution is 0.501. The number of hydrogen-bond donors (Lipinski definition) is 0. The molecule has 1 aromatic carbocycles. The summed E-state index contributed by atoms with van der Waals surface area (Å²) < 4.78 is 5.47. The third kappa shape index (κ3) is 2.07. The molecule has 1 heterocycles. The second-order valence-electron chi connectivity index (χ2n) is 3.64. The summed E-state index contributed by atoms with van der Waals surface area (Å²) in [5.74, 6) is 1.81. The molecule has 2 heteroatoms. The zero-order valence-corrected chi connectivity index (χ0v) is 9.58. The van der Waals surface area contributed by atoms with Crippen molar-refractivity contribution in [3.8, 4) is 0 Å². The average Bonchev–Trinajstić information content (AvgIpc) is 2.58. The van der Waals surface area contributed by atoms with Crippen molar-refractivity contribution in [3.63, 3.8) is 0 Å². The number of furan rings is 1. The smallest absolute Gasteiger partial charge is 0.106 e. The van der Waals surface area contributed by atoms with Crippen LogP contribution in [-0.4, -0.2) is 0 Å². The van der Waals surface area contributed by atoms with E-state index in [1.54, 1.807) is 0 Å². The van der Waals surface area contributed by atoms with Crippen LogP contribution in [-0.2, 0) is 0 Å². The van der Waals surface area contributed by atoms with Crippen LogP contribution < -0.4 is 0 Å². The van der Waals surface area contributed by atoms with Gasteiger partial charge in [-0.1, -0.05) is 30.3 Å². The summed E-state index contributed by atoms with van der Waals surface area (Å²) in [5.41, 5.74) is 2.16. The van der Waals surface area contributed by atoms with Gasteiger partial charge in [0.25, 0.3) is 0 Å². The van der Waals surface area contributed by atoms with E-state index in [0.717, 1.165) is 22.6 Å². The number of rotatable bonds is 2. The molecular formula is C13H13ClO. The van der Waals surface area contributed by atoms with E-state index in [4.69, 9.17) is 16.0 Å². The van der Waals surface area contributed by atoms with Crippen LogP contribution in [0.2, 0.25) is 0 Å². The van der Waals surface area contributed by atoms with Gasteiger partial charge in [-0.2, -0.15) is 0 Å². The Kier molecular flexibility index (Phi) is 2.83. The van der Waals surface area contributed by atoms with Crippen LogP contribution in [0.15, 0.2) is 40.8 Å². The number of hydrogen-bond acceptors (Lipinski definition) is 1. The van der Waals surface area contributed by atoms with Crippen LogP contribution >= 0.6 is 11.6 Å². The molecule has 2 aromatic rings. The normalized spacial score (nSPS) is 12.7. The summed E-state index contributed by atoms with van der Waals surface area (Å²) in [6, 6.07) is 12.0. The monoisotopic (exact) mass is 220 g/mol. The maximum Gasteiger partial charge on any atom is 0.106 e. The van der Waals surface area contributed by atoms with Crippen molar-refractivity contribution in [2.24, 2.45) is 0 Å². The molecule has 1 aromatic heterocycles. The predicted molar refractivity (Wildman–Crippen MR) is 62.3 cm³/mol. The van der Waals surface area contributed by atoms with Gasteiger partial charge < -0.3 is 4.42 Å². The lowest BCUT2D eigenvalue weighted by Gasteiger charge is -2.07. The Balaban J connectivity index is 2.36. The molecule has 0 aliphatic carbocycles. The van der Waals surface area contributed by atoms with E-state index in [9.17, 15) is 0 Å². The first kappa shape index (κ1) is 10.3. The summed E-state index contributed by atoms with van der Waals surface area (Å²) >= 11 is 6.39. The van der Waals surface area contributed by atoms with Gasteiger partial charge in [0.05, 0.1) is 5.38 Å². The van der Waals surface area contributed by atoms with Crippen molar-refractivity contribution in [1.29, 1.82) is 0 Å². The van der Waals surface area contributed by atoms with Gasteiger partial charge in [0.1, 0.15) is 11.5 Å². The first-order chi connectivity index (χ1) is 7.18. The fraction of sp³-hybridized carbons (Fsp3) is 0.231. The van der Waals surface area contributed by atoms with Gasteiger partial charge in [0.2, 0.25) is 0 Å². The van der Waals surface area contributed by atoms with E-state index in [-0.39, 0.29) is 5.38 Å². The van der Waals surface area contributed by atoms with Gasteiger partial charge in [-0.15, -0.1) is 11.6 Å². The summed E-state index contributed by atoms with van der Waals surface area (Å²) in [5, 5.41) is -0.122. The Morgan fingerprint density at radius 3 is 2.33 bits per heavy atom. The van der Waals surface area contributed by atoms with E-state index in [2.05, 4.69) is 0 Å². The first-order valence-electron chi connectivity index (χ1n) is 4.94. The van der Waals surface area contributed by atoms with Crippen molar-refractivity contribution in [2.45, 2.75) is 19.2 Å². The molecule has 0 radical (unpaired) electrons. The molecule has 0 fully saturated rings. The van der Waals surface area contributed by atoms with E-state index in [0.29, 0.717) is 0 Å². The molecule has 0 aliphatic heterocycles. The van der Waals surface area contributed by atoms with E-state index < -0.39 is 0 Å². The van der Waals surface area contributed by atoms with E-state index in [1.807, 2.05) is 50.2 Å². The maximum absolute atomic E-state index is 6.39. The highest BCUT2D eigenvalue weighted by Gasteiger charge is 2.15. The zero-order valence-electron chi connectivity index (χ0n) is 8.83. The molecule has 1 nitrogen and oxygen atoms in total. The zero-order chi connectivity index (χ0) is 10.8.